The summed E-state index contributed by atoms with van der Waals surface area (Å²) in [4.78, 5) is 41.1. The number of ether oxygens (including phenoxy) is 2. The second-order valence-corrected chi connectivity index (χ2v) is 6.96. The van der Waals surface area contributed by atoms with Crippen LogP contribution in [0.4, 0.5) is 0 Å². The van der Waals surface area contributed by atoms with E-state index < -0.39 is 23.8 Å². The number of rotatable bonds is 6. The second kappa shape index (κ2) is 7.65. The number of esters is 2. The quantitative estimate of drug-likeness (QED) is 0.626. The molecule has 1 N–H and O–H groups in total. The minimum absolute atomic E-state index is 0.250. The van der Waals surface area contributed by atoms with E-state index in [1.807, 2.05) is 13.0 Å². The van der Waals surface area contributed by atoms with E-state index in [0.717, 1.165) is 4.88 Å². The average Bonchev–Trinajstić information content (AvgIpc) is 3.10. The van der Waals surface area contributed by atoms with E-state index in [1.165, 1.54) is 18.3 Å². The predicted molar refractivity (Wildman–Crippen MR) is 94.5 cm³/mol. The highest BCUT2D eigenvalue weighted by Gasteiger charge is 2.28. The lowest BCUT2D eigenvalue weighted by molar-refractivity contribution is 0.0321. The van der Waals surface area contributed by atoms with Crippen LogP contribution in [0.1, 0.15) is 60.5 Å². The molecule has 2 rings (SSSR count). The van der Waals surface area contributed by atoms with E-state index in [1.54, 1.807) is 26.8 Å². The Morgan fingerprint density at radius 2 is 1.84 bits per heavy atom. The number of nitrogens with one attached hydrogen (secondary N) is 1. The van der Waals surface area contributed by atoms with Gasteiger partial charge in [0.1, 0.15) is 4.88 Å². The highest BCUT2D eigenvalue weighted by atomic mass is 32.1. The third-order valence-corrected chi connectivity index (χ3v) is 4.74. The van der Waals surface area contributed by atoms with Gasteiger partial charge < -0.3 is 14.5 Å². The van der Waals surface area contributed by atoms with Crippen molar-refractivity contribution in [1.29, 1.82) is 0 Å². The number of carbonyl (C=O) groups excluding carboxylic acids is 3. The number of aromatic nitrogens is 1. The summed E-state index contributed by atoms with van der Waals surface area (Å²) in [6.07, 6.45) is -0.971. The van der Waals surface area contributed by atoms with E-state index in [9.17, 15) is 14.4 Å². The molecule has 2 heterocycles. The summed E-state index contributed by atoms with van der Waals surface area (Å²) in [5.41, 5.74) is 1.64. The van der Waals surface area contributed by atoms with E-state index >= 15 is 0 Å². The maximum absolute atomic E-state index is 12.6. The van der Waals surface area contributed by atoms with Crippen LogP contribution < -0.4 is 0 Å². The van der Waals surface area contributed by atoms with Crippen molar-refractivity contribution < 1.29 is 23.9 Å². The van der Waals surface area contributed by atoms with Crippen LogP contribution in [0.3, 0.4) is 0 Å². The molecule has 0 saturated carbocycles. The smallest absolute Gasteiger partial charge is 0.349 e. The van der Waals surface area contributed by atoms with Crippen LogP contribution in [0, 0.1) is 20.8 Å². The van der Waals surface area contributed by atoms with Crippen molar-refractivity contribution in [2.24, 2.45) is 0 Å². The van der Waals surface area contributed by atoms with Crippen LogP contribution in [-0.2, 0) is 9.47 Å². The van der Waals surface area contributed by atoms with Gasteiger partial charge in [-0.3, -0.25) is 4.79 Å². The Morgan fingerprint density at radius 1 is 1.16 bits per heavy atom. The lowest BCUT2D eigenvalue weighted by atomic mass is 10.1. The van der Waals surface area contributed by atoms with Crippen molar-refractivity contribution in [2.45, 2.75) is 40.7 Å². The zero-order valence-corrected chi connectivity index (χ0v) is 15.7. The van der Waals surface area contributed by atoms with Gasteiger partial charge in [0, 0.05) is 10.6 Å². The molecule has 134 valence electrons. The van der Waals surface area contributed by atoms with Crippen molar-refractivity contribution >= 4 is 29.1 Å². The summed E-state index contributed by atoms with van der Waals surface area (Å²) >= 11 is 1.31. The fraction of sp³-hybridized carbons (Fsp3) is 0.389. The van der Waals surface area contributed by atoms with Crippen molar-refractivity contribution in [2.75, 3.05) is 6.61 Å². The second-order valence-electron chi connectivity index (χ2n) is 5.67. The first kappa shape index (κ1) is 18.9. The number of Topliss-reactive ketones (excluding diaryl/α,β-unsaturated/α-hetero) is 1. The highest BCUT2D eigenvalue weighted by molar-refractivity contribution is 7.13. The molecule has 2 aromatic heterocycles. The predicted octanol–water partition coefficient (Wildman–Crippen LogP) is 3.61. The van der Waals surface area contributed by atoms with Crippen molar-refractivity contribution in [3.8, 4) is 0 Å². The van der Waals surface area contributed by atoms with Crippen molar-refractivity contribution in [3.63, 3.8) is 0 Å². The van der Waals surface area contributed by atoms with E-state index in [4.69, 9.17) is 9.47 Å². The van der Waals surface area contributed by atoms with Crippen LogP contribution in [0.5, 0.6) is 0 Å². The zero-order chi connectivity index (χ0) is 18.7. The molecule has 0 radical (unpaired) electrons. The number of hydrogen-bond donors (Lipinski definition) is 1. The van der Waals surface area contributed by atoms with Gasteiger partial charge in [-0.15, -0.1) is 11.3 Å². The molecule has 25 heavy (non-hydrogen) atoms. The Kier molecular flexibility index (Phi) is 5.79. The van der Waals surface area contributed by atoms with Gasteiger partial charge in [0.05, 0.1) is 17.9 Å². The standard InChI is InChI=1S/C18H21NO5S/c1-6-23-18(22)14-10(3)15(19-11(14)4)16(20)12(5)24-17(21)13-8-7-9(2)25-13/h7-8,12,19H,6H2,1-5H3. The number of aromatic amines is 1. The van der Waals surface area contributed by atoms with Crippen LogP contribution in [0.25, 0.3) is 0 Å². The van der Waals surface area contributed by atoms with Crippen LogP contribution in [0.2, 0.25) is 0 Å². The molecule has 1 unspecified atom stereocenters. The Labute approximate surface area is 150 Å². The number of carbonyl (C=O) groups is 3. The first-order valence-corrected chi connectivity index (χ1v) is 8.75. The minimum atomic E-state index is -0.971. The minimum Gasteiger partial charge on any atom is -0.462 e. The molecule has 1 atom stereocenters. The highest BCUT2D eigenvalue weighted by Crippen LogP contribution is 2.22. The van der Waals surface area contributed by atoms with Crippen LogP contribution >= 0.6 is 11.3 Å². The van der Waals surface area contributed by atoms with E-state index in [0.29, 0.717) is 21.7 Å². The molecule has 0 fully saturated rings. The molecule has 0 saturated heterocycles. The molecule has 0 bridgehead atoms. The number of ketones is 1. The fourth-order valence-corrected chi connectivity index (χ4v) is 3.28. The topological polar surface area (TPSA) is 85.5 Å². The van der Waals surface area contributed by atoms with Gasteiger partial charge in [-0.05, 0) is 52.3 Å². The molecule has 0 aliphatic rings. The lowest BCUT2D eigenvalue weighted by Crippen LogP contribution is -2.25. The maximum atomic E-state index is 12.6. The van der Waals surface area contributed by atoms with Crippen molar-refractivity contribution in [3.05, 3.63) is 44.4 Å². The molecular weight excluding hydrogens is 342 g/mol. The summed E-state index contributed by atoms with van der Waals surface area (Å²) in [6.45, 7) is 8.73. The average molecular weight is 363 g/mol. The van der Waals surface area contributed by atoms with Gasteiger partial charge in [0.2, 0.25) is 5.78 Å². The first-order valence-electron chi connectivity index (χ1n) is 7.94. The Hall–Kier alpha value is -2.41. The van der Waals surface area contributed by atoms with Crippen LogP contribution in [0.15, 0.2) is 12.1 Å². The van der Waals surface area contributed by atoms with E-state index in [-0.39, 0.29) is 12.3 Å². The number of aryl methyl sites for hydroxylation is 2. The molecule has 0 amide bonds. The summed E-state index contributed by atoms with van der Waals surface area (Å²) in [6, 6.07) is 3.49. The molecule has 0 aromatic carbocycles. The Balaban J connectivity index is 2.18. The largest absolute Gasteiger partial charge is 0.462 e. The zero-order valence-electron chi connectivity index (χ0n) is 14.9. The first-order chi connectivity index (χ1) is 11.8. The molecule has 0 aliphatic heterocycles. The molecule has 0 spiro atoms. The summed E-state index contributed by atoms with van der Waals surface area (Å²) in [5.74, 6) is -1.41. The number of hydrogen-bond acceptors (Lipinski definition) is 6. The normalized spacial score (nSPS) is 11.9. The van der Waals surface area contributed by atoms with Gasteiger partial charge in [0.25, 0.3) is 0 Å². The van der Waals surface area contributed by atoms with Crippen molar-refractivity contribution in [1.82, 2.24) is 4.98 Å². The third-order valence-electron chi connectivity index (χ3n) is 3.76. The third kappa shape index (κ3) is 3.99. The van der Waals surface area contributed by atoms with Gasteiger partial charge >= 0.3 is 11.9 Å². The molecule has 0 aliphatic carbocycles. The van der Waals surface area contributed by atoms with Gasteiger partial charge in [-0.2, -0.15) is 0 Å². The SMILES string of the molecule is CCOC(=O)c1c(C)[nH]c(C(=O)C(C)OC(=O)c2ccc(C)s2)c1C. The van der Waals surface area contributed by atoms with Gasteiger partial charge in [0.15, 0.2) is 6.10 Å². The summed E-state index contributed by atoms with van der Waals surface area (Å²) < 4.78 is 10.3. The number of H-pyrrole nitrogens is 1. The van der Waals surface area contributed by atoms with E-state index in [2.05, 4.69) is 4.98 Å². The lowest BCUT2D eigenvalue weighted by Gasteiger charge is -2.11. The van der Waals surface area contributed by atoms with Crippen LogP contribution in [-0.4, -0.2) is 35.4 Å². The summed E-state index contributed by atoms with van der Waals surface area (Å²) in [5, 5.41) is 0. The maximum Gasteiger partial charge on any atom is 0.349 e. The molecule has 7 heteroatoms. The van der Waals surface area contributed by atoms with Gasteiger partial charge in [-0.25, -0.2) is 9.59 Å². The fourth-order valence-electron chi connectivity index (χ4n) is 2.53. The van der Waals surface area contributed by atoms with Gasteiger partial charge in [-0.1, -0.05) is 0 Å². The molecule has 2 aromatic rings. The molecular formula is C18H21NO5S. The Morgan fingerprint density at radius 3 is 2.40 bits per heavy atom. The number of thiophene rings is 1. The molecule has 6 nitrogen and oxygen atoms in total. The summed E-state index contributed by atoms with van der Waals surface area (Å²) in [7, 11) is 0. The monoisotopic (exact) mass is 363 g/mol. The Bertz CT molecular complexity index is 818.